The Kier molecular flexibility index (Phi) is 3.86. The molecule has 2 aliphatic heterocycles. The SMILES string of the molecule is O=C(CN1C(=O)NC2(CCCCCC2)C1=O)c1ccc2c(c1)OCO2. The van der Waals surface area contributed by atoms with E-state index in [0.29, 0.717) is 29.9 Å². The molecule has 1 saturated heterocycles. The Bertz CT molecular complexity index is 737. The lowest BCUT2D eigenvalue weighted by atomic mass is 9.90. The smallest absolute Gasteiger partial charge is 0.325 e. The van der Waals surface area contributed by atoms with Gasteiger partial charge in [-0.05, 0) is 31.0 Å². The van der Waals surface area contributed by atoms with Crippen LogP contribution in [0.1, 0.15) is 48.9 Å². The van der Waals surface area contributed by atoms with Gasteiger partial charge in [-0.1, -0.05) is 25.7 Å². The number of carbonyl (C=O) groups is 3. The minimum Gasteiger partial charge on any atom is -0.454 e. The van der Waals surface area contributed by atoms with Gasteiger partial charge < -0.3 is 14.8 Å². The van der Waals surface area contributed by atoms with Crippen LogP contribution in [0.4, 0.5) is 4.79 Å². The Morgan fingerprint density at radius 1 is 1.08 bits per heavy atom. The zero-order valence-corrected chi connectivity index (χ0v) is 13.9. The van der Waals surface area contributed by atoms with E-state index in [4.69, 9.17) is 9.47 Å². The van der Waals surface area contributed by atoms with Gasteiger partial charge in [0, 0.05) is 5.56 Å². The van der Waals surface area contributed by atoms with Gasteiger partial charge in [-0.2, -0.15) is 0 Å². The average Bonchev–Trinajstić information content (AvgIpc) is 3.06. The Morgan fingerprint density at radius 3 is 2.56 bits per heavy atom. The Hall–Kier alpha value is -2.57. The molecule has 0 bridgehead atoms. The van der Waals surface area contributed by atoms with E-state index in [9.17, 15) is 14.4 Å². The zero-order chi connectivity index (χ0) is 17.4. The number of urea groups is 1. The molecule has 1 saturated carbocycles. The van der Waals surface area contributed by atoms with Crippen LogP contribution >= 0.6 is 0 Å². The van der Waals surface area contributed by atoms with Gasteiger partial charge in [-0.3, -0.25) is 14.5 Å². The predicted octanol–water partition coefficient (Wildman–Crippen LogP) is 2.24. The molecule has 25 heavy (non-hydrogen) atoms. The summed E-state index contributed by atoms with van der Waals surface area (Å²) >= 11 is 0. The summed E-state index contributed by atoms with van der Waals surface area (Å²) in [6.07, 6.45) is 5.26. The van der Waals surface area contributed by atoms with Crippen LogP contribution in [-0.2, 0) is 4.79 Å². The van der Waals surface area contributed by atoms with Crippen LogP contribution in [0.3, 0.4) is 0 Å². The van der Waals surface area contributed by atoms with E-state index in [2.05, 4.69) is 5.32 Å². The summed E-state index contributed by atoms with van der Waals surface area (Å²) in [6, 6.07) is 4.40. The third kappa shape index (κ3) is 2.73. The molecule has 2 heterocycles. The number of imide groups is 1. The van der Waals surface area contributed by atoms with Crippen LogP contribution in [-0.4, -0.2) is 41.5 Å². The van der Waals surface area contributed by atoms with Gasteiger partial charge in [0.2, 0.25) is 6.79 Å². The minimum absolute atomic E-state index is 0.127. The Balaban J connectivity index is 1.51. The van der Waals surface area contributed by atoms with Crippen LogP contribution < -0.4 is 14.8 Å². The highest BCUT2D eigenvalue weighted by Gasteiger charge is 2.51. The van der Waals surface area contributed by atoms with Gasteiger partial charge in [0.1, 0.15) is 5.54 Å². The van der Waals surface area contributed by atoms with Crippen molar-refractivity contribution in [1.82, 2.24) is 10.2 Å². The van der Waals surface area contributed by atoms with Gasteiger partial charge in [0.25, 0.3) is 5.91 Å². The van der Waals surface area contributed by atoms with E-state index in [0.717, 1.165) is 30.6 Å². The van der Waals surface area contributed by atoms with Crippen LogP contribution in [0.2, 0.25) is 0 Å². The lowest BCUT2D eigenvalue weighted by Crippen LogP contribution is -2.46. The number of hydrogen-bond donors (Lipinski definition) is 1. The number of fused-ring (bicyclic) bond motifs is 1. The second-order valence-electron chi connectivity index (χ2n) is 6.81. The summed E-state index contributed by atoms with van der Waals surface area (Å²) in [4.78, 5) is 38.8. The van der Waals surface area contributed by atoms with Crippen molar-refractivity contribution in [3.05, 3.63) is 23.8 Å². The van der Waals surface area contributed by atoms with E-state index in [1.807, 2.05) is 0 Å². The summed E-state index contributed by atoms with van der Waals surface area (Å²) in [5.74, 6) is 0.521. The molecule has 7 heteroatoms. The summed E-state index contributed by atoms with van der Waals surface area (Å²) in [7, 11) is 0. The molecule has 3 amide bonds. The van der Waals surface area contributed by atoms with Crippen molar-refractivity contribution >= 4 is 17.7 Å². The standard InChI is InChI=1S/C18H20N2O5/c21-13(12-5-6-14-15(9-12)25-11-24-14)10-20-16(22)18(19-17(20)23)7-3-1-2-4-8-18/h5-6,9H,1-4,7-8,10-11H2,(H,19,23). The van der Waals surface area contributed by atoms with Crippen LogP contribution in [0, 0.1) is 0 Å². The lowest BCUT2D eigenvalue weighted by molar-refractivity contribution is -0.131. The number of benzene rings is 1. The molecule has 1 aromatic carbocycles. The average molecular weight is 344 g/mol. The Morgan fingerprint density at radius 2 is 1.80 bits per heavy atom. The second-order valence-corrected chi connectivity index (χ2v) is 6.81. The van der Waals surface area contributed by atoms with Crippen molar-refractivity contribution in [2.24, 2.45) is 0 Å². The molecule has 0 aromatic heterocycles. The zero-order valence-electron chi connectivity index (χ0n) is 13.9. The largest absolute Gasteiger partial charge is 0.454 e. The Labute approximate surface area is 145 Å². The fourth-order valence-corrected chi connectivity index (χ4v) is 3.80. The molecule has 1 spiro atoms. The number of Topliss-reactive ketones (excluding diaryl/α,β-unsaturated/α-hetero) is 1. The van der Waals surface area contributed by atoms with Crippen molar-refractivity contribution in [2.45, 2.75) is 44.1 Å². The van der Waals surface area contributed by atoms with Crippen LogP contribution in [0.15, 0.2) is 18.2 Å². The highest BCUT2D eigenvalue weighted by molar-refractivity contribution is 6.11. The molecule has 1 aromatic rings. The van der Waals surface area contributed by atoms with Crippen molar-refractivity contribution < 1.29 is 23.9 Å². The van der Waals surface area contributed by atoms with Crippen LogP contribution in [0.25, 0.3) is 0 Å². The summed E-state index contributed by atoms with van der Waals surface area (Å²) in [6.45, 7) is -0.130. The number of nitrogens with one attached hydrogen (secondary N) is 1. The maximum Gasteiger partial charge on any atom is 0.325 e. The highest BCUT2D eigenvalue weighted by Crippen LogP contribution is 2.34. The fraction of sp³-hybridized carbons (Fsp3) is 0.500. The number of hydrogen-bond acceptors (Lipinski definition) is 5. The van der Waals surface area contributed by atoms with Crippen molar-refractivity contribution in [3.63, 3.8) is 0 Å². The minimum atomic E-state index is -0.817. The monoisotopic (exact) mass is 344 g/mol. The third-order valence-corrected chi connectivity index (χ3v) is 5.20. The summed E-state index contributed by atoms with van der Waals surface area (Å²) in [5.41, 5.74) is -0.422. The summed E-state index contributed by atoms with van der Waals surface area (Å²) < 4.78 is 10.5. The van der Waals surface area contributed by atoms with Gasteiger partial charge in [0.05, 0.1) is 6.54 Å². The second kappa shape index (κ2) is 6.06. The molecule has 3 aliphatic rings. The molecular formula is C18H20N2O5. The number of nitrogens with zero attached hydrogens (tertiary/aromatic N) is 1. The number of carbonyl (C=O) groups excluding carboxylic acids is 3. The molecular weight excluding hydrogens is 324 g/mol. The first-order valence-electron chi connectivity index (χ1n) is 8.66. The first-order valence-corrected chi connectivity index (χ1v) is 8.66. The molecule has 132 valence electrons. The van der Waals surface area contributed by atoms with Gasteiger partial charge in [-0.15, -0.1) is 0 Å². The van der Waals surface area contributed by atoms with E-state index >= 15 is 0 Å². The maximum atomic E-state index is 12.8. The van der Waals surface area contributed by atoms with E-state index in [1.165, 1.54) is 0 Å². The van der Waals surface area contributed by atoms with E-state index < -0.39 is 11.6 Å². The lowest BCUT2D eigenvalue weighted by Gasteiger charge is -2.24. The molecule has 0 radical (unpaired) electrons. The molecule has 1 aliphatic carbocycles. The summed E-state index contributed by atoms with van der Waals surface area (Å²) in [5, 5.41) is 2.85. The van der Waals surface area contributed by atoms with Gasteiger partial charge >= 0.3 is 6.03 Å². The highest BCUT2D eigenvalue weighted by atomic mass is 16.7. The van der Waals surface area contributed by atoms with Crippen molar-refractivity contribution in [2.75, 3.05) is 13.3 Å². The quantitative estimate of drug-likeness (QED) is 0.671. The first-order chi connectivity index (χ1) is 12.1. The predicted molar refractivity (Wildman–Crippen MR) is 87.6 cm³/mol. The fourth-order valence-electron chi connectivity index (χ4n) is 3.80. The van der Waals surface area contributed by atoms with Crippen molar-refractivity contribution in [3.8, 4) is 11.5 Å². The van der Waals surface area contributed by atoms with Crippen LogP contribution in [0.5, 0.6) is 11.5 Å². The molecule has 4 rings (SSSR count). The van der Waals surface area contributed by atoms with E-state index in [1.54, 1.807) is 18.2 Å². The third-order valence-electron chi connectivity index (χ3n) is 5.20. The molecule has 0 atom stereocenters. The number of ether oxygens (including phenoxy) is 2. The first kappa shape index (κ1) is 15.9. The molecule has 2 fully saturated rings. The van der Waals surface area contributed by atoms with Gasteiger partial charge in [-0.25, -0.2) is 4.79 Å². The van der Waals surface area contributed by atoms with Gasteiger partial charge in [0.15, 0.2) is 17.3 Å². The maximum absolute atomic E-state index is 12.8. The number of amides is 3. The molecule has 7 nitrogen and oxygen atoms in total. The number of rotatable bonds is 3. The number of ketones is 1. The normalized spacial score (nSPS) is 21.4. The van der Waals surface area contributed by atoms with Crippen molar-refractivity contribution in [1.29, 1.82) is 0 Å². The van der Waals surface area contributed by atoms with E-state index in [-0.39, 0.29) is 25.0 Å². The molecule has 0 unspecified atom stereocenters. The topological polar surface area (TPSA) is 84.9 Å². The molecule has 1 N–H and O–H groups in total.